The Morgan fingerprint density at radius 3 is 2.21 bits per heavy atom. The van der Waals surface area contributed by atoms with E-state index in [9.17, 15) is 4.79 Å². The van der Waals surface area contributed by atoms with Crippen molar-refractivity contribution in [1.29, 1.82) is 0 Å². The minimum Gasteiger partial charge on any atom is -0.487 e. The molecule has 2 atom stereocenters. The number of benzene rings is 4. The van der Waals surface area contributed by atoms with Crippen molar-refractivity contribution in [2.45, 2.75) is 32.2 Å². The van der Waals surface area contributed by atoms with Crippen molar-refractivity contribution in [3.8, 4) is 11.5 Å². The molecule has 0 saturated carbocycles. The highest BCUT2D eigenvalue weighted by molar-refractivity contribution is 6.05. The van der Waals surface area contributed by atoms with Crippen molar-refractivity contribution in [3.05, 3.63) is 138 Å². The van der Waals surface area contributed by atoms with E-state index in [4.69, 9.17) is 9.47 Å². The highest BCUT2D eigenvalue weighted by Crippen LogP contribution is 2.41. The highest BCUT2D eigenvalue weighted by Gasteiger charge is 2.51. The Bertz CT molecular complexity index is 1530. The molecular weight excluding hydrogens is 488 g/mol. The summed E-state index contributed by atoms with van der Waals surface area (Å²) in [5, 5.41) is 8.44. The molecule has 0 aliphatic carbocycles. The van der Waals surface area contributed by atoms with Crippen molar-refractivity contribution in [1.82, 2.24) is 15.0 Å². The van der Waals surface area contributed by atoms with Gasteiger partial charge < -0.3 is 9.47 Å². The zero-order valence-corrected chi connectivity index (χ0v) is 21.6. The molecule has 7 nitrogen and oxygen atoms in total. The Labute approximate surface area is 227 Å². The van der Waals surface area contributed by atoms with Crippen LogP contribution < -0.4 is 14.4 Å². The van der Waals surface area contributed by atoms with Crippen LogP contribution in [0, 0.1) is 6.92 Å². The van der Waals surface area contributed by atoms with E-state index in [1.54, 1.807) is 9.58 Å². The number of hydrogen-bond donors (Lipinski definition) is 0. The first kappa shape index (κ1) is 24.4. The maximum atomic E-state index is 13.2. The van der Waals surface area contributed by atoms with E-state index in [0.29, 0.717) is 24.7 Å². The second kappa shape index (κ2) is 10.8. The Morgan fingerprint density at radius 2 is 1.49 bits per heavy atom. The van der Waals surface area contributed by atoms with E-state index in [1.165, 1.54) is 0 Å². The first-order valence-electron chi connectivity index (χ1n) is 12.9. The van der Waals surface area contributed by atoms with E-state index in [-0.39, 0.29) is 11.9 Å². The van der Waals surface area contributed by atoms with Crippen molar-refractivity contribution in [2.24, 2.45) is 0 Å². The maximum Gasteiger partial charge on any atom is 0.271 e. The van der Waals surface area contributed by atoms with Gasteiger partial charge >= 0.3 is 0 Å². The number of ether oxygens (including phenoxy) is 2. The lowest BCUT2D eigenvalue weighted by Gasteiger charge is -2.46. The Morgan fingerprint density at radius 1 is 0.795 bits per heavy atom. The van der Waals surface area contributed by atoms with Gasteiger partial charge in [0.15, 0.2) is 0 Å². The third kappa shape index (κ3) is 5.38. The fourth-order valence-corrected chi connectivity index (χ4v) is 4.71. The monoisotopic (exact) mass is 516 g/mol. The van der Waals surface area contributed by atoms with Crippen molar-refractivity contribution in [3.63, 3.8) is 0 Å². The predicted molar refractivity (Wildman–Crippen MR) is 149 cm³/mol. The SMILES string of the molecule is Cc1ccc(N2C(=O)C(Oc3ccccc3)C2c2ccc(OCc3cn(Cc4ccccc4)nn3)cc2)cc1. The van der Waals surface area contributed by atoms with Crippen LogP contribution in [-0.2, 0) is 17.9 Å². The minimum atomic E-state index is -0.611. The summed E-state index contributed by atoms with van der Waals surface area (Å²) < 4.78 is 13.9. The molecule has 1 amide bonds. The molecular formula is C32H28N4O3. The van der Waals surface area contributed by atoms with Crippen LogP contribution in [0.15, 0.2) is 115 Å². The summed E-state index contributed by atoms with van der Waals surface area (Å²) in [5.74, 6) is 1.32. The number of carbonyl (C=O) groups is 1. The molecule has 2 unspecified atom stereocenters. The number of β-lactam (4-membered cyclic amide) rings is 1. The van der Waals surface area contributed by atoms with Gasteiger partial charge in [0, 0.05) is 5.69 Å². The molecule has 1 saturated heterocycles. The summed E-state index contributed by atoms with van der Waals surface area (Å²) in [4.78, 5) is 15.0. The van der Waals surface area contributed by atoms with E-state index < -0.39 is 6.10 Å². The summed E-state index contributed by atoms with van der Waals surface area (Å²) in [6.07, 6.45) is 1.28. The van der Waals surface area contributed by atoms with E-state index in [0.717, 1.165) is 28.1 Å². The molecule has 0 spiro atoms. The van der Waals surface area contributed by atoms with Crippen LogP contribution in [0.3, 0.4) is 0 Å². The topological polar surface area (TPSA) is 69.5 Å². The fourth-order valence-electron chi connectivity index (χ4n) is 4.71. The molecule has 5 aromatic rings. The molecule has 0 bridgehead atoms. The van der Waals surface area contributed by atoms with Gasteiger partial charge in [0.05, 0.1) is 12.7 Å². The number of hydrogen-bond acceptors (Lipinski definition) is 5. The zero-order chi connectivity index (χ0) is 26.6. The van der Waals surface area contributed by atoms with Crippen molar-refractivity contribution < 1.29 is 14.3 Å². The number of para-hydroxylation sites is 1. The normalized spacial score (nSPS) is 16.5. The summed E-state index contributed by atoms with van der Waals surface area (Å²) in [5.41, 5.74) is 4.87. The third-order valence-corrected chi connectivity index (χ3v) is 6.75. The number of aromatic nitrogens is 3. The zero-order valence-electron chi connectivity index (χ0n) is 21.6. The summed E-state index contributed by atoms with van der Waals surface area (Å²) in [6, 6.07) is 35.1. The average Bonchev–Trinajstić information content (AvgIpc) is 3.43. The number of carbonyl (C=O) groups excluding carboxylic acids is 1. The van der Waals surface area contributed by atoms with Crippen molar-refractivity contribution >= 4 is 11.6 Å². The summed E-state index contributed by atoms with van der Waals surface area (Å²) in [7, 11) is 0. The second-order valence-corrected chi connectivity index (χ2v) is 9.59. The van der Waals surface area contributed by atoms with Crippen molar-refractivity contribution in [2.75, 3.05) is 4.90 Å². The van der Waals surface area contributed by atoms with Gasteiger partial charge in [0.1, 0.15) is 29.8 Å². The Kier molecular flexibility index (Phi) is 6.78. The molecule has 1 aliphatic heterocycles. The maximum absolute atomic E-state index is 13.2. The van der Waals surface area contributed by atoms with E-state index >= 15 is 0 Å². The molecule has 0 radical (unpaired) electrons. The van der Waals surface area contributed by atoms with Gasteiger partial charge in [-0.2, -0.15) is 0 Å². The van der Waals surface area contributed by atoms with Crippen LogP contribution in [-0.4, -0.2) is 27.0 Å². The lowest BCUT2D eigenvalue weighted by molar-refractivity contribution is -0.135. The molecule has 194 valence electrons. The first-order chi connectivity index (χ1) is 19.1. The summed E-state index contributed by atoms with van der Waals surface area (Å²) >= 11 is 0. The number of anilines is 1. The van der Waals surface area contributed by atoms with Crippen LogP contribution >= 0.6 is 0 Å². The molecule has 7 heteroatoms. The first-order valence-corrected chi connectivity index (χ1v) is 12.9. The predicted octanol–water partition coefficient (Wildman–Crippen LogP) is 5.75. The second-order valence-electron chi connectivity index (χ2n) is 9.59. The number of aryl methyl sites for hydroxylation is 1. The Hall–Kier alpha value is -4.91. The van der Waals surface area contributed by atoms with E-state index in [2.05, 4.69) is 22.4 Å². The van der Waals surface area contributed by atoms with Crippen LogP contribution in [0.25, 0.3) is 0 Å². The van der Waals surface area contributed by atoms with Gasteiger partial charge in [0.2, 0.25) is 6.10 Å². The molecule has 39 heavy (non-hydrogen) atoms. The number of amides is 1. The quantitative estimate of drug-likeness (QED) is 0.233. The van der Waals surface area contributed by atoms with Crippen LogP contribution in [0.1, 0.15) is 28.4 Å². The minimum absolute atomic E-state index is 0.0633. The molecule has 2 heterocycles. The van der Waals surface area contributed by atoms with Gasteiger partial charge in [0.25, 0.3) is 5.91 Å². The average molecular weight is 517 g/mol. The molecule has 4 aromatic carbocycles. The van der Waals surface area contributed by atoms with Gasteiger partial charge in [-0.3, -0.25) is 9.69 Å². The van der Waals surface area contributed by atoms with Crippen LogP contribution in [0.5, 0.6) is 11.5 Å². The van der Waals surface area contributed by atoms with Crippen LogP contribution in [0.2, 0.25) is 0 Å². The molecule has 1 aromatic heterocycles. The molecule has 6 rings (SSSR count). The largest absolute Gasteiger partial charge is 0.487 e. The molecule has 0 N–H and O–H groups in total. The molecule has 1 aliphatic rings. The fraction of sp³-hybridized carbons (Fsp3) is 0.156. The standard InChI is InChI=1S/C32H28N4O3/c1-23-12-16-27(17-13-23)36-30(31(32(36)37)39-29-10-6-3-7-11-29)25-14-18-28(19-15-25)38-22-26-21-35(34-33-26)20-24-8-4-2-5-9-24/h2-19,21,30-31H,20,22H2,1H3. The number of nitrogens with zero attached hydrogens (tertiary/aromatic N) is 4. The lowest BCUT2D eigenvalue weighted by atomic mass is 9.89. The smallest absolute Gasteiger partial charge is 0.271 e. The third-order valence-electron chi connectivity index (χ3n) is 6.75. The molecule has 1 fully saturated rings. The Balaban J connectivity index is 1.15. The van der Waals surface area contributed by atoms with Gasteiger partial charge in [-0.05, 0) is 54.4 Å². The van der Waals surface area contributed by atoms with Gasteiger partial charge in [-0.25, -0.2) is 4.68 Å². The van der Waals surface area contributed by atoms with Gasteiger partial charge in [-0.15, -0.1) is 5.10 Å². The van der Waals surface area contributed by atoms with Crippen LogP contribution in [0.4, 0.5) is 5.69 Å². The van der Waals surface area contributed by atoms with E-state index in [1.807, 2.05) is 110 Å². The lowest BCUT2D eigenvalue weighted by Crippen LogP contribution is -2.61. The highest BCUT2D eigenvalue weighted by atomic mass is 16.5. The number of rotatable bonds is 9. The summed E-state index contributed by atoms with van der Waals surface area (Å²) in [6.45, 7) is 3.00. The van der Waals surface area contributed by atoms with Gasteiger partial charge in [-0.1, -0.05) is 83.6 Å².